The molecular weight excluding hydrogens is 66.0 g/mol. The second kappa shape index (κ2) is 3.50. The van der Waals surface area contributed by atoms with Crippen LogP contribution in [0.15, 0.2) is 6.08 Å². The van der Waals surface area contributed by atoms with E-state index in [9.17, 15) is 0 Å². The molecule has 2 nitrogen and oxygen atoms in total. The van der Waals surface area contributed by atoms with Gasteiger partial charge in [0, 0.05) is 0 Å². The van der Waals surface area contributed by atoms with Crippen molar-refractivity contribution in [1.82, 2.24) is 0 Å². The molecule has 0 aromatic rings. The highest BCUT2D eigenvalue weighted by Gasteiger charge is 1.54. The summed E-state index contributed by atoms with van der Waals surface area (Å²) in [4.78, 5) is 0. The molecule has 0 saturated heterocycles. The van der Waals surface area contributed by atoms with Crippen molar-refractivity contribution in [1.29, 1.82) is 0 Å². The average molecular weight is 72.1 g/mol. The molecule has 0 rings (SSSR count). The molecule has 2 heteroatoms. The molecule has 0 unspecified atom stereocenters. The maximum Gasteiger partial charge on any atom is 0.0635 e. The first-order valence-electron chi connectivity index (χ1n) is 1.30. The van der Waals surface area contributed by atoms with Crippen molar-refractivity contribution >= 4 is 0 Å². The van der Waals surface area contributed by atoms with E-state index in [0.29, 0.717) is 0 Å². The van der Waals surface area contributed by atoms with Gasteiger partial charge in [-0.25, -0.2) is 0 Å². The van der Waals surface area contributed by atoms with Gasteiger partial charge in [-0.05, 0) is 6.08 Å². The third-order valence-corrected chi connectivity index (χ3v) is 0.209. The first-order valence-corrected chi connectivity index (χ1v) is 1.30. The van der Waals surface area contributed by atoms with E-state index in [1.54, 1.807) is 0 Å². The lowest BCUT2D eigenvalue weighted by molar-refractivity contribution is 0.342. The lowest BCUT2D eigenvalue weighted by Gasteiger charge is -1.66. The largest absolute Gasteiger partial charge is 0.397 e. The highest BCUT2D eigenvalue weighted by Crippen LogP contribution is 1.51. The second-order valence-corrected chi connectivity index (χ2v) is 0.553. The fourth-order valence-electron chi connectivity index (χ4n) is 0.0527. The van der Waals surface area contributed by atoms with Gasteiger partial charge in [-0.2, -0.15) is 0 Å². The third-order valence-electron chi connectivity index (χ3n) is 0.209. The van der Waals surface area contributed by atoms with Crippen molar-refractivity contribution < 1.29 is 5.11 Å². The molecule has 0 aliphatic rings. The summed E-state index contributed by atoms with van der Waals surface area (Å²) in [5, 5.41) is 7.87. The minimum Gasteiger partial charge on any atom is -0.397 e. The van der Waals surface area contributed by atoms with E-state index in [2.05, 4.69) is 11.9 Å². The summed E-state index contributed by atoms with van der Waals surface area (Å²) in [6.07, 6.45) is 3.48. The van der Waals surface area contributed by atoms with Crippen LogP contribution in [0.3, 0.4) is 0 Å². The van der Waals surface area contributed by atoms with Crippen molar-refractivity contribution in [2.24, 2.45) is 5.73 Å². The molecule has 1 radical (unpaired) electrons. The van der Waals surface area contributed by atoms with Gasteiger partial charge in [0.25, 0.3) is 0 Å². The van der Waals surface area contributed by atoms with Gasteiger partial charge in [0.15, 0.2) is 0 Å². The highest BCUT2D eigenvalue weighted by atomic mass is 16.2. The molecule has 0 bridgehead atoms. The summed E-state index contributed by atoms with van der Waals surface area (Å²) < 4.78 is 0. The zero-order valence-corrected chi connectivity index (χ0v) is 2.81. The van der Waals surface area contributed by atoms with Crippen LogP contribution in [-0.2, 0) is 0 Å². The summed E-state index contributed by atoms with van der Waals surface area (Å²) in [7, 11) is 0. The molecule has 0 amide bonds. The summed E-state index contributed by atoms with van der Waals surface area (Å²) in [5.41, 5.74) is 4.67. The Morgan fingerprint density at radius 2 is 2.60 bits per heavy atom. The molecule has 0 atom stereocenters. The maximum atomic E-state index is 7.87. The van der Waals surface area contributed by atoms with E-state index < -0.39 is 0 Å². The molecule has 0 fully saturated rings. The minimum atomic E-state index is -0.0174. The van der Waals surface area contributed by atoms with Crippen LogP contribution in [0.2, 0.25) is 0 Å². The Balaban J connectivity index is 2.62. The fourth-order valence-corrected chi connectivity index (χ4v) is 0.0527. The lowest BCUT2D eigenvalue weighted by atomic mass is 10.7. The van der Waals surface area contributed by atoms with E-state index in [0.717, 1.165) is 0 Å². The van der Waals surface area contributed by atoms with Gasteiger partial charge < -0.3 is 10.8 Å². The number of hydrogen-bond acceptors (Lipinski definition) is 2. The van der Waals surface area contributed by atoms with Crippen molar-refractivity contribution in [3.8, 4) is 0 Å². The van der Waals surface area contributed by atoms with Crippen LogP contribution in [0, 0.1) is 6.20 Å². The Bertz CT molecular complexity index is 33.9. The molecule has 0 aromatic heterocycles. The number of aliphatic hydroxyl groups excluding tert-OH is 1. The Kier molecular flexibility index (Phi) is 3.15. The van der Waals surface area contributed by atoms with Gasteiger partial charge in [-0.1, -0.05) is 0 Å². The number of rotatable bonds is 1. The van der Waals surface area contributed by atoms with Crippen LogP contribution >= 0.6 is 0 Å². The van der Waals surface area contributed by atoms with E-state index >= 15 is 0 Å². The molecule has 0 spiro atoms. The van der Waals surface area contributed by atoms with Gasteiger partial charge in [0.05, 0.1) is 12.8 Å². The topological polar surface area (TPSA) is 46.2 Å². The van der Waals surface area contributed by atoms with Crippen molar-refractivity contribution in [3.63, 3.8) is 0 Å². The lowest BCUT2D eigenvalue weighted by Crippen LogP contribution is -1.79. The van der Waals surface area contributed by atoms with Crippen LogP contribution < -0.4 is 5.73 Å². The molecule has 5 heavy (non-hydrogen) atoms. The summed E-state index contributed by atoms with van der Waals surface area (Å²) in [6.45, 7) is -0.0174. The van der Waals surface area contributed by atoms with Crippen LogP contribution in [-0.4, -0.2) is 11.7 Å². The molecule has 0 aliphatic heterocycles. The van der Waals surface area contributed by atoms with E-state index in [-0.39, 0.29) is 6.61 Å². The predicted octanol–water partition coefficient (Wildman–Crippen LogP) is -0.746. The summed E-state index contributed by atoms with van der Waals surface area (Å²) in [6, 6.07) is 0. The SMILES string of the molecule is N[C]=CCO. The van der Waals surface area contributed by atoms with Crippen molar-refractivity contribution in [2.45, 2.75) is 0 Å². The van der Waals surface area contributed by atoms with Crippen LogP contribution in [0.5, 0.6) is 0 Å². The van der Waals surface area contributed by atoms with E-state index in [4.69, 9.17) is 5.11 Å². The molecule has 29 valence electrons. The first kappa shape index (κ1) is 4.50. The fraction of sp³-hybridized carbons (Fsp3) is 0.333. The van der Waals surface area contributed by atoms with Gasteiger partial charge in [-0.3, -0.25) is 0 Å². The third kappa shape index (κ3) is 3.50. The smallest absolute Gasteiger partial charge is 0.0635 e. The maximum absolute atomic E-state index is 7.87. The first-order chi connectivity index (χ1) is 2.41. The zero-order chi connectivity index (χ0) is 4.12. The second-order valence-electron chi connectivity index (χ2n) is 0.553. The monoisotopic (exact) mass is 72.0 g/mol. The van der Waals surface area contributed by atoms with E-state index in [1.807, 2.05) is 0 Å². The predicted molar refractivity (Wildman–Crippen MR) is 19.1 cm³/mol. The van der Waals surface area contributed by atoms with Crippen molar-refractivity contribution in [2.75, 3.05) is 6.61 Å². The Hall–Kier alpha value is -0.500. The van der Waals surface area contributed by atoms with E-state index in [1.165, 1.54) is 6.08 Å². The Morgan fingerprint density at radius 3 is 2.60 bits per heavy atom. The molecule has 0 saturated carbocycles. The molecule has 0 aromatic carbocycles. The zero-order valence-electron chi connectivity index (χ0n) is 2.81. The Morgan fingerprint density at radius 1 is 2.00 bits per heavy atom. The van der Waals surface area contributed by atoms with Crippen LogP contribution in [0.25, 0.3) is 0 Å². The standard InChI is InChI=1S/C3H6NO/c4-2-1-3-5/h1,5H,3-4H2. The van der Waals surface area contributed by atoms with Crippen LogP contribution in [0.1, 0.15) is 0 Å². The van der Waals surface area contributed by atoms with Gasteiger partial charge in [0.1, 0.15) is 0 Å². The molecule has 0 heterocycles. The molecule has 3 N–H and O–H groups in total. The average Bonchev–Trinajstić information content (AvgIpc) is 1.41. The van der Waals surface area contributed by atoms with Crippen molar-refractivity contribution in [3.05, 3.63) is 12.3 Å². The van der Waals surface area contributed by atoms with Gasteiger partial charge >= 0.3 is 0 Å². The number of aliphatic hydroxyl groups is 1. The summed E-state index contributed by atoms with van der Waals surface area (Å²) in [5.74, 6) is 0. The number of nitrogens with two attached hydrogens (primary N) is 1. The van der Waals surface area contributed by atoms with Crippen LogP contribution in [0.4, 0.5) is 0 Å². The quantitative estimate of drug-likeness (QED) is 0.400. The number of hydrogen-bond donors (Lipinski definition) is 2. The highest BCUT2D eigenvalue weighted by molar-refractivity contribution is 4.64. The summed E-state index contributed by atoms with van der Waals surface area (Å²) >= 11 is 0. The van der Waals surface area contributed by atoms with Gasteiger partial charge in [0.2, 0.25) is 0 Å². The minimum absolute atomic E-state index is 0.0174. The molecular formula is C3H6NO. The Labute approximate surface area is 30.9 Å². The van der Waals surface area contributed by atoms with Gasteiger partial charge in [-0.15, -0.1) is 0 Å². The normalized spacial score (nSPS) is 9.80. The molecule has 0 aliphatic carbocycles.